The van der Waals surface area contributed by atoms with E-state index in [9.17, 15) is 4.79 Å². The fourth-order valence-corrected chi connectivity index (χ4v) is 3.90. The van der Waals surface area contributed by atoms with Gasteiger partial charge in [-0.05, 0) is 37.1 Å². The lowest BCUT2D eigenvalue weighted by molar-refractivity contribution is -0.128. The molecule has 1 aliphatic rings. The van der Waals surface area contributed by atoms with E-state index in [1.807, 2.05) is 31.3 Å². The van der Waals surface area contributed by atoms with E-state index in [4.69, 9.17) is 33.2 Å². The summed E-state index contributed by atoms with van der Waals surface area (Å²) >= 11 is 12.3. The van der Waals surface area contributed by atoms with Crippen molar-refractivity contribution in [2.75, 3.05) is 26.0 Å². The molecule has 8 heteroatoms. The Balaban J connectivity index is 1.87. The Labute approximate surface area is 182 Å². The molecule has 156 valence electrons. The first-order chi connectivity index (χ1) is 13.9. The summed E-state index contributed by atoms with van der Waals surface area (Å²) in [5, 5.41) is 4.26. The Hall–Kier alpha value is -1.89. The van der Waals surface area contributed by atoms with Crippen LogP contribution in [0.25, 0.3) is 0 Å². The van der Waals surface area contributed by atoms with E-state index in [-0.39, 0.29) is 11.9 Å². The second-order valence-electron chi connectivity index (χ2n) is 7.46. The standard InChI is InChI=1S/C21H27Cl2N5O/c1-14(29)27(3)13-16-11-20(24-2)26-21(25-16)19-6-4-5-9-28(19)12-15-7-8-17(22)18(23)10-15/h7-8,10-11,19H,4-6,9,12-13H2,1-3H3,(H,24,25,26)/t19-/m0/s1. The van der Waals surface area contributed by atoms with Crippen LogP contribution in [0, 0.1) is 0 Å². The number of piperidine rings is 1. The molecule has 2 heterocycles. The van der Waals surface area contributed by atoms with E-state index in [1.54, 1.807) is 18.9 Å². The fourth-order valence-electron chi connectivity index (χ4n) is 3.58. The first-order valence-electron chi connectivity index (χ1n) is 9.82. The summed E-state index contributed by atoms with van der Waals surface area (Å²) in [7, 11) is 3.62. The summed E-state index contributed by atoms with van der Waals surface area (Å²) in [6, 6.07) is 7.79. The molecule has 0 unspecified atom stereocenters. The molecule has 1 saturated heterocycles. The zero-order chi connectivity index (χ0) is 21.0. The lowest BCUT2D eigenvalue weighted by atomic mass is 10.00. The SMILES string of the molecule is CNc1cc(CN(C)C(C)=O)nc([C@@H]2CCCCN2Cc2ccc(Cl)c(Cl)c2)n1. The molecule has 1 N–H and O–H groups in total. The molecule has 1 fully saturated rings. The van der Waals surface area contributed by atoms with Crippen LogP contribution in [-0.4, -0.2) is 46.3 Å². The van der Waals surface area contributed by atoms with E-state index in [0.717, 1.165) is 55.3 Å². The Morgan fingerprint density at radius 2 is 2.03 bits per heavy atom. The minimum Gasteiger partial charge on any atom is -0.373 e. The average molecular weight is 436 g/mol. The van der Waals surface area contributed by atoms with Gasteiger partial charge in [-0.1, -0.05) is 35.7 Å². The van der Waals surface area contributed by atoms with Crippen molar-refractivity contribution in [2.24, 2.45) is 0 Å². The number of rotatable bonds is 6. The number of benzene rings is 1. The van der Waals surface area contributed by atoms with Crippen LogP contribution in [0.5, 0.6) is 0 Å². The van der Waals surface area contributed by atoms with Crippen molar-refractivity contribution in [2.45, 2.75) is 45.3 Å². The van der Waals surface area contributed by atoms with Gasteiger partial charge < -0.3 is 10.2 Å². The number of halogens is 2. The van der Waals surface area contributed by atoms with Crippen LogP contribution in [0.15, 0.2) is 24.3 Å². The predicted molar refractivity (Wildman–Crippen MR) is 117 cm³/mol. The summed E-state index contributed by atoms with van der Waals surface area (Å²) in [6.07, 6.45) is 3.28. The molecule has 1 aromatic heterocycles. The van der Waals surface area contributed by atoms with E-state index in [2.05, 4.69) is 10.2 Å². The van der Waals surface area contributed by atoms with Gasteiger partial charge in [-0.2, -0.15) is 0 Å². The molecule has 1 amide bonds. The van der Waals surface area contributed by atoms with Crippen molar-refractivity contribution in [1.29, 1.82) is 0 Å². The van der Waals surface area contributed by atoms with Crippen molar-refractivity contribution in [1.82, 2.24) is 19.8 Å². The number of anilines is 1. The van der Waals surface area contributed by atoms with Gasteiger partial charge in [0.1, 0.15) is 11.6 Å². The molecule has 6 nitrogen and oxygen atoms in total. The molecular formula is C21H27Cl2N5O. The number of aromatic nitrogens is 2. The fraction of sp³-hybridized carbons (Fsp3) is 0.476. The summed E-state index contributed by atoms with van der Waals surface area (Å²) in [5.41, 5.74) is 1.95. The van der Waals surface area contributed by atoms with Gasteiger partial charge >= 0.3 is 0 Å². The van der Waals surface area contributed by atoms with Crippen LogP contribution in [0.1, 0.15) is 49.3 Å². The molecule has 0 spiro atoms. The predicted octanol–water partition coefficient (Wildman–Crippen LogP) is 4.53. The second-order valence-corrected chi connectivity index (χ2v) is 8.27. The number of carbonyl (C=O) groups excluding carboxylic acids is 1. The molecule has 2 aromatic rings. The van der Waals surface area contributed by atoms with E-state index >= 15 is 0 Å². The Kier molecular flexibility index (Phi) is 7.33. The average Bonchev–Trinajstić information content (AvgIpc) is 2.70. The molecule has 0 bridgehead atoms. The lowest BCUT2D eigenvalue weighted by Gasteiger charge is -2.35. The monoisotopic (exact) mass is 435 g/mol. The summed E-state index contributed by atoms with van der Waals surface area (Å²) in [5.74, 6) is 1.57. The largest absolute Gasteiger partial charge is 0.373 e. The minimum atomic E-state index is 0.00933. The molecule has 29 heavy (non-hydrogen) atoms. The molecule has 1 aliphatic heterocycles. The van der Waals surface area contributed by atoms with Gasteiger partial charge in [0.2, 0.25) is 5.91 Å². The Morgan fingerprint density at radius 1 is 1.24 bits per heavy atom. The van der Waals surface area contributed by atoms with Gasteiger partial charge in [-0.3, -0.25) is 9.69 Å². The number of likely N-dealkylation sites (tertiary alicyclic amines) is 1. The third-order valence-corrected chi connectivity index (χ3v) is 6.01. The van der Waals surface area contributed by atoms with Gasteiger partial charge in [0, 0.05) is 33.6 Å². The van der Waals surface area contributed by atoms with Crippen molar-refractivity contribution in [3.8, 4) is 0 Å². The topological polar surface area (TPSA) is 61.4 Å². The van der Waals surface area contributed by atoms with Crippen molar-refractivity contribution in [3.05, 3.63) is 51.4 Å². The quantitative estimate of drug-likeness (QED) is 0.721. The smallest absolute Gasteiger partial charge is 0.219 e. The van der Waals surface area contributed by atoms with Crippen molar-refractivity contribution < 1.29 is 4.79 Å². The maximum Gasteiger partial charge on any atom is 0.219 e. The number of nitrogens with zero attached hydrogens (tertiary/aromatic N) is 4. The lowest BCUT2D eigenvalue weighted by Crippen LogP contribution is -2.34. The maximum absolute atomic E-state index is 11.6. The molecule has 0 radical (unpaired) electrons. The molecule has 3 rings (SSSR count). The maximum atomic E-state index is 11.6. The third-order valence-electron chi connectivity index (χ3n) is 5.27. The van der Waals surface area contributed by atoms with E-state index < -0.39 is 0 Å². The highest BCUT2D eigenvalue weighted by atomic mass is 35.5. The molecule has 0 aliphatic carbocycles. The third kappa shape index (κ3) is 5.59. The van der Waals surface area contributed by atoms with E-state index in [1.165, 1.54) is 0 Å². The minimum absolute atomic E-state index is 0.00933. The number of hydrogen-bond acceptors (Lipinski definition) is 5. The zero-order valence-electron chi connectivity index (χ0n) is 17.1. The number of hydrogen-bond donors (Lipinski definition) is 1. The van der Waals surface area contributed by atoms with Gasteiger partial charge in [-0.15, -0.1) is 0 Å². The van der Waals surface area contributed by atoms with Crippen LogP contribution >= 0.6 is 23.2 Å². The highest BCUT2D eigenvalue weighted by Gasteiger charge is 2.27. The van der Waals surface area contributed by atoms with Gasteiger partial charge in [0.15, 0.2) is 0 Å². The van der Waals surface area contributed by atoms with Gasteiger partial charge in [0.25, 0.3) is 0 Å². The molecule has 0 saturated carbocycles. The van der Waals surface area contributed by atoms with Crippen LogP contribution in [0.3, 0.4) is 0 Å². The summed E-state index contributed by atoms with van der Waals surface area (Å²) in [6.45, 7) is 3.75. The Bertz CT molecular complexity index is 876. The highest BCUT2D eigenvalue weighted by Crippen LogP contribution is 2.32. The highest BCUT2D eigenvalue weighted by molar-refractivity contribution is 6.42. The van der Waals surface area contributed by atoms with E-state index in [0.29, 0.717) is 16.6 Å². The number of amides is 1. The number of carbonyl (C=O) groups is 1. The van der Waals surface area contributed by atoms with Crippen LogP contribution < -0.4 is 5.32 Å². The van der Waals surface area contributed by atoms with Crippen LogP contribution in [0.2, 0.25) is 10.0 Å². The molecule has 1 atom stereocenters. The Morgan fingerprint density at radius 3 is 2.72 bits per heavy atom. The molecular weight excluding hydrogens is 409 g/mol. The molecule has 1 aromatic carbocycles. The number of nitrogens with one attached hydrogen (secondary N) is 1. The van der Waals surface area contributed by atoms with Gasteiger partial charge in [0.05, 0.1) is 28.3 Å². The van der Waals surface area contributed by atoms with Gasteiger partial charge in [-0.25, -0.2) is 9.97 Å². The first kappa shape index (κ1) is 21.8. The van der Waals surface area contributed by atoms with Crippen LogP contribution in [-0.2, 0) is 17.9 Å². The first-order valence-corrected chi connectivity index (χ1v) is 10.6. The second kappa shape index (κ2) is 9.74. The summed E-state index contributed by atoms with van der Waals surface area (Å²) < 4.78 is 0. The normalized spacial score (nSPS) is 17.2. The zero-order valence-corrected chi connectivity index (χ0v) is 18.6. The van der Waals surface area contributed by atoms with Crippen molar-refractivity contribution >= 4 is 34.9 Å². The summed E-state index contributed by atoms with van der Waals surface area (Å²) in [4.78, 5) is 25.2. The van der Waals surface area contributed by atoms with Crippen LogP contribution in [0.4, 0.5) is 5.82 Å². The van der Waals surface area contributed by atoms with Crippen molar-refractivity contribution in [3.63, 3.8) is 0 Å².